The number of benzene rings is 1. The third-order valence-electron chi connectivity index (χ3n) is 2.52. The second-order valence-electron chi connectivity index (χ2n) is 4.04. The molecule has 0 bridgehead atoms. The van der Waals surface area contributed by atoms with Crippen molar-refractivity contribution in [3.8, 4) is 5.69 Å². The van der Waals surface area contributed by atoms with Crippen LogP contribution in [0.4, 0.5) is 13.2 Å². The molecule has 0 saturated heterocycles. The fourth-order valence-electron chi connectivity index (χ4n) is 1.69. The monoisotopic (exact) mass is 394 g/mol. The summed E-state index contributed by atoms with van der Waals surface area (Å²) in [5.41, 5.74) is 0.885. The van der Waals surface area contributed by atoms with Crippen LogP contribution in [0.5, 0.6) is 0 Å². The van der Waals surface area contributed by atoms with Gasteiger partial charge >= 0.3 is 6.18 Å². The third kappa shape index (κ3) is 3.75. The molecule has 2 rings (SSSR count). The van der Waals surface area contributed by atoms with E-state index in [1.54, 1.807) is 22.9 Å². The van der Waals surface area contributed by atoms with Crippen LogP contribution in [0, 0.1) is 3.57 Å². The summed E-state index contributed by atoms with van der Waals surface area (Å²) >= 11 is 2.12. The van der Waals surface area contributed by atoms with Crippen molar-refractivity contribution in [3.63, 3.8) is 0 Å². The average molecular weight is 394 g/mol. The first-order valence-electron chi connectivity index (χ1n) is 5.65. The highest BCUT2D eigenvalue weighted by atomic mass is 127. The Morgan fingerprint density at radius 2 is 2.00 bits per heavy atom. The van der Waals surface area contributed by atoms with E-state index >= 15 is 0 Å². The van der Waals surface area contributed by atoms with E-state index in [1.165, 1.54) is 6.07 Å². The molecule has 2 aromatic rings. The Morgan fingerprint density at radius 3 is 2.65 bits per heavy atom. The molecule has 0 aliphatic heterocycles. The van der Waals surface area contributed by atoms with Crippen LogP contribution >= 0.6 is 22.6 Å². The first-order valence-corrected chi connectivity index (χ1v) is 6.73. The topological polar surface area (TPSA) is 34.0 Å². The molecular formula is C13H10F3IN2O. The highest BCUT2D eigenvalue weighted by Gasteiger charge is 2.28. The van der Waals surface area contributed by atoms with Crippen molar-refractivity contribution >= 4 is 28.5 Å². The van der Waals surface area contributed by atoms with Gasteiger partial charge in [-0.1, -0.05) is 6.07 Å². The molecule has 1 heterocycles. The molecule has 0 fully saturated rings. The maximum absolute atomic E-state index is 12.1. The molecule has 1 N–H and O–H groups in total. The van der Waals surface area contributed by atoms with Gasteiger partial charge in [0.25, 0.3) is 5.91 Å². The van der Waals surface area contributed by atoms with E-state index in [-0.39, 0.29) is 5.69 Å². The molecule has 0 saturated carbocycles. The van der Waals surface area contributed by atoms with Gasteiger partial charge in [0.05, 0.1) is 0 Å². The second-order valence-corrected chi connectivity index (χ2v) is 5.29. The zero-order valence-corrected chi connectivity index (χ0v) is 12.3. The summed E-state index contributed by atoms with van der Waals surface area (Å²) in [5.74, 6) is -0.758. The lowest BCUT2D eigenvalue weighted by Gasteiger charge is -2.11. The lowest BCUT2D eigenvalue weighted by molar-refractivity contribution is -0.123. The predicted molar refractivity (Wildman–Crippen MR) is 76.9 cm³/mol. The van der Waals surface area contributed by atoms with Crippen LogP contribution in [0.15, 0.2) is 42.6 Å². The number of aromatic nitrogens is 1. The van der Waals surface area contributed by atoms with Gasteiger partial charge in [-0.15, -0.1) is 0 Å². The Kier molecular flexibility index (Phi) is 4.36. The van der Waals surface area contributed by atoms with Crippen LogP contribution in [-0.4, -0.2) is 23.2 Å². The maximum Gasteiger partial charge on any atom is 0.405 e. The minimum atomic E-state index is -4.42. The van der Waals surface area contributed by atoms with Crippen molar-refractivity contribution in [2.24, 2.45) is 0 Å². The lowest BCUT2D eigenvalue weighted by atomic mass is 10.3. The molecule has 0 aliphatic carbocycles. The largest absolute Gasteiger partial charge is 0.405 e. The van der Waals surface area contributed by atoms with Crippen molar-refractivity contribution in [2.45, 2.75) is 6.18 Å². The van der Waals surface area contributed by atoms with Crippen molar-refractivity contribution in [1.82, 2.24) is 9.88 Å². The molecule has 0 spiro atoms. The first kappa shape index (κ1) is 14.9. The normalized spacial score (nSPS) is 11.4. The number of nitrogens with zero attached hydrogens (tertiary/aromatic N) is 1. The summed E-state index contributed by atoms with van der Waals surface area (Å²) in [5, 5.41) is 1.86. The minimum absolute atomic E-state index is 0.163. The van der Waals surface area contributed by atoms with Gasteiger partial charge in [-0.2, -0.15) is 13.2 Å². The van der Waals surface area contributed by atoms with Gasteiger partial charge in [-0.25, -0.2) is 0 Å². The number of hydrogen-bond acceptors (Lipinski definition) is 1. The minimum Gasteiger partial charge on any atom is -0.342 e. The number of rotatable bonds is 3. The standard InChI is InChI=1S/C13H10F3IN2O/c14-13(15,16)8-18-12(20)11-5-2-6-19(11)10-4-1-3-9(17)7-10/h1-7H,8H2,(H,18,20). The van der Waals surface area contributed by atoms with Gasteiger partial charge in [-0.3, -0.25) is 4.79 Å². The zero-order chi connectivity index (χ0) is 14.8. The van der Waals surface area contributed by atoms with Crippen molar-refractivity contribution < 1.29 is 18.0 Å². The number of alkyl halides is 3. The second kappa shape index (κ2) is 5.86. The summed E-state index contributed by atoms with van der Waals surface area (Å²) in [6, 6.07) is 10.4. The van der Waals surface area contributed by atoms with Crippen LogP contribution in [0.25, 0.3) is 5.69 Å². The first-order chi connectivity index (χ1) is 9.37. The fourth-order valence-corrected chi connectivity index (χ4v) is 2.21. The van der Waals surface area contributed by atoms with E-state index < -0.39 is 18.6 Å². The van der Waals surface area contributed by atoms with Crippen LogP contribution in [0.2, 0.25) is 0 Å². The summed E-state index contributed by atoms with van der Waals surface area (Å²) in [6.07, 6.45) is -2.79. The number of carbonyl (C=O) groups excluding carboxylic acids is 1. The number of amides is 1. The molecule has 0 atom stereocenters. The fraction of sp³-hybridized carbons (Fsp3) is 0.154. The summed E-state index contributed by atoms with van der Waals surface area (Å²) in [6.45, 7) is -1.34. The van der Waals surface area contributed by atoms with Crippen LogP contribution < -0.4 is 5.32 Å². The number of halogens is 4. The molecule has 3 nitrogen and oxygen atoms in total. The lowest BCUT2D eigenvalue weighted by Crippen LogP contribution is -2.34. The molecule has 106 valence electrons. The van der Waals surface area contributed by atoms with Gasteiger partial charge in [0.2, 0.25) is 0 Å². The van der Waals surface area contributed by atoms with Crippen molar-refractivity contribution in [3.05, 3.63) is 51.9 Å². The van der Waals surface area contributed by atoms with E-state index in [0.717, 1.165) is 9.26 Å². The third-order valence-corrected chi connectivity index (χ3v) is 3.19. The number of hydrogen-bond donors (Lipinski definition) is 1. The quantitative estimate of drug-likeness (QED) is 0.797. The molecule has 7 heteroatoms. The Balaban J connectivity index is 2.23. The molecule has 1 aromatic heterocycles. The maximum atomic E-state index is 12.1. The van der Waals surface area contributed by atoms with Crippen LogP contribution in [-0.2, 0) is 0 Å². The Morgan fingerprint density at radius 1 is 1.25 bits per heavy atom. The van der Waals surface area contributed by atoms with Gasteiger partial charge in [0.1, 0.15) is 12.2 Å². The number of nitrogens with one attached hydrogen (secondary N) is 1. The van der Waals surface area contributed by atoms with E-state index in [0.29, 0.717) is 0 Å². The van der Waals surface area contributed by atoms with Crippen LogP contribution in [0.3, 0.4) is 0 Å². The Bertz CT molecular complexity index is 622. The van der Waals surface area contributed by atoms with Crippen molar-refractivity contribution in [1.29, 1.82) is 0 Å². The SMILES string of the molecule is O=C(NCC(F)(F)F)c1cccn1-c1cccc(I)c1. The van der Waals surface area contributed by atoms with Gasteiger partial charge in [-0.05, 0) is 52.9 Å². The van der Waals surface area contributed by atoms with Crippen molar-refractivity contribution in [2.75, 3.05) is 6.54 Å². The van der Waals surface area contributed by atoms with E-state index in [1.807, 2.05) is 23.5 Å². The van der Waals surface area contributed by atoms with E-state index in [4.69, 9.17) is 0 Å². The molecule has 1 aromatic carbocycles. The summed E-state index contributed by atoms with van der Waals surface area (Å²) in [4.78, 5) is 11.8. The highest BCUT2D eigenvalue weighted by Crippen LogP contribution is 2.17. The smallest absolute Gasteiger partial charge is 0.342 e. The predicted octanol–water partition coefficient (Wildman–Crippen LogP) is 3.37. The highest BCUT2D eigenvalue weighted by molar-refractivity contribution is 14.1. The van der Waals surface area contributed by atoms with Gasteiger partial charge < -0.3 is 9.88 Å². The summed E-state index contributed by atoms with van der Waals surface area (Å²) < 4.78 is 38.9. The zero-order valence-electron chi connectivity index (χ0n) is 10.1. The van der Waals surface area contributed by atoms with Crippen LogP contribution in [0.1, 0.15) is 10.5 Å². The molecule has 0 radical (unpaired) electrons. The Hall–Kier alpha value is -1.51. The molecule has 0 unspecified atom stereocenters. The molecule has 1 amide bonds. The molecule has 20 heavy (non-hydrogen) atoms. The Labute approximate surface area is 126 Å². The van der Waals surface area contributed by atoms with E-state index in [2.05, 4.69) is 22.6 Å². The number of carbonyl (C=O) groups is 1. The molecule has 0 aliphatic rings. The van der Waals surface area contributed by atoms with E-state index in [9.17, 15) is 18.0 Å². The van der Waals surface area contributed by atoms with Gasteiger partial charge in [0.15, 0.2) is 0 Å². The average Bonchev–Trinajstić information content (AvgIpc) is 2.84. The summed E-state index contributed by atoms with van der Waals surface area (Å²) in [7, 11) is 0. The molecular weight excluding hydrogens is 384 g/mol. The van der Waals surface area contributed by atoms with Gasteiger partial charge in [0, 0.05) is 15.5 Å².